The van der Waals surface area contributed by atoms with E-state index in [1.807, 2.05) is 6.92 Å². The van der Waals surface area contributed by atoms with Crippen molar-refractivity contribution in [1.82, 2.24) is 10.3 Å². The van der Waals surface area contributed by atoms with Crippen molar-refractivity contribution in [2.75, 3.05) is 13.2 Å². The number of rotatable bonds is 5. The molecule has 0 bridgehead atoms. The van der Waals surface area contributed by atoms with Crippen molar-refractivity contribution in [3.63, 3.8) is 0 Å². The van der Waals surface area contributed by atoms with Crippen LogP contribution in [0.2, 0.25) is 0 Å². The van der Waals surface area contributed by atoms with E-state index in [2.05, 4.69) is 10.3 Å². The Morgan fingerprint density at radius 3 is 3.00 bits per heavy atom. The van der Waals surface area contributed by atoms with Crippen LogP contribution in [0.1, 0.15) is 23.8 Å². The quantitative estimate of drug-likeness (QED) is 0.774. The van der Waals surface area contributed by atoms with Gasteiger partial charge in [0.1, 0.15) is 11.5 Å². The summed E-state index contributed by atoms with van der Waals surface area (Å²) >= 11 is 0. The number of halogens is 1. The number of aliphatic hydroxyl groups excluding tert-OH is 1. The maximum atomic E-state index is 13.0. The Morgan fingerprint density at radius 2 is 2.26 bits per heavy atom. The number of aromatic nitrogens is 1. The van der Waals surface area contributed by atoms with Crippen molar-refractivity contribution in [3.05, 3.63) is 35.8 Å². The van der Waals surface area contributed by atoms with Crippen LogP contribution in [0.5, 0.6) is 0 Å². The van der Waals surface area contributed by atoms with Gasteiger partial charge in [0.25, 0.3) is 5.91 Å². The fourth-order valence-corrected chi connectivity index (χ4v) is 1.91. The van der Waals surface area contributed by atoms with Crippen molar-refractivity contribution in [2.45, 2.75) is 13.3 Å². The molecule has 1 heterocycles. The number of carbonyl (C=O) groups is 1. The van der Waals surface area contributed by atoms with Crippen LogP contribution in [-0.2, 0) is 0 Å². The molecule has 19 heavy (non-hydrogen) atoms. The molecule has 0 fully saturated rings. The van der Waals surface area contributed by atoms with Gasteiger partial charge < -0.3 is 15.4 Å². The van der Waals surface area contributed by atoms with E-state index in [4.69, 9.17) is 5.11 Å². The van der Waals surface area contributed by atoms with Gasteiger partial charge in [0.15, 0.2) is 0 Å². The van der Waals surface area contributed by atoms with Crippen molar-refractivity contribution in [3.8, 4) is 0 Å². The molecule has 0 saturated carbocycles. The van der Waals surface area contributed by atoms with Crippen LogP contribution < -0.4 is 5.32 Å². The molecule has 1 amide bonds. The van der Waals surface area contributed by atoms with Crippen molar-refractivity contribution in [2.24, 2.45) is 5.92 Å². The van der Waals surface area contributed by atoms with Gasteiger partial charge in [-0.05, 0) is 36.6 Å². The molecule has 1 unspecified atom stereocenters. The van der Waals surface area contributed by atoms with Gasteiger partial charge in [-0.2, -0.15) is 0 Å². The Morgan fingerprint density at radius 1 is 1.47 bits per heavy atom. The van der Waals surface area contributed by atoms with E-state index in [0.717, 1.165) is 5.52 Å². The molecule has 0 aliphatic carbocycles. The molecule has 0 aliphatic heterocycles. The second-order valence-corrected chi connectivity index (χ2v) is 4.74. The number of benzene rings is 1. The summed E-state index contributed by atoms with van der Waals surface area (Å²) in [5, 5.41) is 12.2. The molecule has 102 valence electrons. The molecule has 2 rings (SSSR count). The number of aromatic amines is 1. The van der Waals surface area contributed by atoms with Gasteiger partial charge in [-0.1, -0.05) is 6.92 Å². The molecular weight excluding hydrogens is 247 g/mol. The van der Waals surface area contributed by atoms with E-state index >= 15 is 0 Å². The van der Waals surface area contributed by atoms with Crippen molar-refractivity contribution >= 4 is 16.8 Å². The highest BCUT2D eigenvalue weighted by Crippen LogP contribution is 2.16. The smallest absolute Gasteiger partial charge is 0.267 e. The summed E-state index contributed by atoms with van der Waals surface area (Å²) in [6.07, 6.45) is 0.651. The van der Waals surface area contributed by atoms with Gasteiger partial charge >= 0.3 is 0 Å². The van der Waals surface area contributed by atoms with E-state index in [-0.39, 0.29) is 24.2 Å². The highest BCUT2D eigenvalue weighted by atomic mass is 19.1. The molecular formula is C14H17FN2O2. The molecule has 1 aromatic heterocycles. The molecule has 1 atom stereocenters. The summed E-state index contributed by atoms with van der Waals surface area (Å²) in [4.78, 5) is 14.9. The van der Waals surface area contributed by atoms with Crippen LogP contribution >= 0.6 is 0 Å². The van der Waals surface area contributed by atoms with Gasteiger partial charge in [0.2, 0.25) is 0 Å². The second kappa shape index (κ2) is 5.84. The third-order valence-electron chi connectivity index (χ3n) is 3.06. The number of nitrogens with one attached hydrogen (secondary N) is 2. The first-order valence-electron chi connectivity index (χ1n) is 6.27. The lowest BCUT2D eigenvalue weighted by atomic mass is 10.1. The average Bonchev–Trinajstić information content (AvgIpc) is 2.79. The highest BCUT2D eigenvalue weighted by Gasteiger charge is 2.11. The van der Waals surface area contributed by atoms with Crippen LogP contribution in [0.15, 0.2) is 24.3 Å². The zero-order valence-corrected chi connectivity index (χ0v) is 10.7. The fraction of sp³-hybridized carbons (Fsp3) is 0.357. The Hall–Kier alpha value is -1.88. The monoisotopic (exact) mass is 264 g/mol. The Bertz CT molecular complexity index is 580. The lowest BCUT2D eigenvalue weighted by Gasteiger charge is -2.10. The standard InChI is InChI=1S/C14H17FN2O2/c1-9(4-5-18)8-16-14(19)13-7-10-6-11(15)2-3-12(10)17-13/h2-3,6-7,9,17-18H,4-5,8H2,1H3,(H,16,19). The highest BCUT2D eigenvalue weighted by molar-refractivity contribution is 5.97. The van der Waals surface area contributed by atoms with Gasteiger partial charge in [-0.15, -0.1) is 0 Å². The van der Waals surface area contributed by atoms with Crippen LogP contribution in [0, 0.1) is 11.7 Å². The summed E-state index contributed by atoms with van der Waals surface area (Å²) in [7, 11) is 0. The van der Waals surface area contributed by atoms with Gasteiger partial charge in [0, 0.05) is 24.1 Å². The third kappa shape index (κ3) is 3.32. The van der Waals surface area contributed by atoms with Crippen LogP contribution in [0.25, 0.3) is 10.9 Å². The topological polar surface area (TPSA) is 65.1 Å². The van der Waals surface area contributed by atoms with E-state index in [9.17, 15) is 9.18 Å². The average molecular weight is 264 g/mol. The summed E-state index contributed by atoms with van der Waals surface area (Å²) in [6.45, 7) is 2.57. The summed E-state index contributed by atoms with van der Waals surface area (Å²) in [5.74, 6) is -0.327. The molecule has 0 aliphatic rings. The van der Waals surface area contributed by atoms with Gasteiger partial charge in [-0.25, -0.2) is 4.39 Å². The van der Waals surface area contributed by atoms with Crippen molar-refractivity contribution in [1.29, 1.82) is 0 Å². The predicted molar refractivity (Wildman–Crippen MR) is 71.5 cm³/mol. The molecule has 4 nitrogen and oxygen atoms in total. The van der Waals surface area contributed by atoms with Gasteiger partial charge in [-0.3, -0.25) is 4.79 Å². The minimum Gasteiger partial charge on any atom is -0.396 e. The maximum Gasteiger partial charge on any atom is 0.267 e. The van der Waals surface area contributed by atoms with Crippen LogP contribution in [0.3, 0.4) is 0 Å². The first-order valence-corrected chi connectivity index (χ1v) is 6.27. The fourth-order valence-electron chi connectivity index (χ4n) is 1.91. The largest absolute Gasteiger partial charge is 0.396 e. The van der Waals surface area contributed by atoms with Gasteiger partial charge in [0.05, 0.1) is 0 Å². The third-order valence-corrected chi connectivity index (χ3v) is 3.06. The second-order valence-electron chi connectivity index (χ2n) is 4.74. The Labute approximate surface area is 110 Å². The zero-order chi connectivity index (χ0) is 13.8. The number of hydrogen-bond acceptors (Lipinski definition) is 2. The van der Waals surface area contributed by atoms with E-state index in [1.54, 1.807) is 12.1 Å². The summed E-state index contributed by atoms with van der Waals surface area (Å²) < 4.78 is 13.0. The molecule has 0 saturated heterocycles. The summed E-state index contributed by atoms with van der Waals surface area (Å²) in [5.41, 5.74) is 1.15. The van der Waals surface area contributed by atoms with Crippen LogP contribution in [-0.4, -0.2) is 29.1 Å². The number of amides is 1. The first-order chi connectivity index (χ1) is 9.10. The molecule has 1 aromatic carbocycles. The minimum absolute atomic E-state index is 0.114. The Balaban J connectivity index is 2.05. The summed E-state index contributed by atoms with van der Waals surface area (Å²) in [6, 6.07) is 5.97. The lowest BCUT2D eigenvalue weighted by molar-refractivity contribution is 0.0941. The predicted octanol–water partition coefficient (Wildman–Crippen LogP) is 2.06. The van der Waals surface area contributed by atoms with Crippen molar-refractivity contribution < 1.29 is 14.3 Å². The molecule has 5 heteroatoms. The molecule has 0 spiro atoms. The number of aliphatic hydroxyl groups is 1. The molecule has 3 N–H and O–H groups in total. The number of H-pyrrole nitrogens is 1. The first kappa shape index (κ1) is 13.5. The Kier molecular flexibility index (Phi) is 4.16. The van der Waals surface area contributed by atoms with E-state index < -0.39 is 0 Å². The lowest BCUT2D eigenvalue weighted by Crippen LogP contribution is -2.28. The van der Waals surface area contributed by atoms with Crippen LogP contribution in [0.4, 0.5) is 4.39 Å². The number of carbonyl (C=O) groups excluding carboxylic acids is 1. The maximum absolute atomic E-state index is 13.0. The minimum atomic E-state index is -0.324. The van der Waals surface area contributed by atoms with E-state index in [1.165, 1.54) is 12.1 Å². The molecule has 0 radical (unpaired) electrons. The van der Waals surface area contributed by atoms with E-state index in [0.29, 0.717) is 24.0 Å². The number of fused-ring (bicyclic) bond motifs is 1. The molecule has 2 aromatic rings. The SMILES string of the molecule is CC(CCO)CNC(=O)c1cc2cc(F)ccc2[nH]1. The number of hydrogen-bond donors (Lipinski definition) is 3. The zero-order valence-electron chi connectivity index (χ0n) is 10.7. The normalized spacial score (nSPS) is 12.6.